The monoisotopic (exact) mass is 534 g/mol. The van der Waals surface area contributed by atoms with Crippen molar-refractivity contribution in [2.24, 2.45) is 0 Å². The summed E-state index contributed by atoms with van der Waals surface area (Å²) in [5.41, 5.74) is -1.09. The Morgan fingerprint density at radius 2 is 1.51 bits per heavy atom. The molecule has 198 valence electrons. The van der Waals surface area contributed by atoms with Crippen LogP contribution in [0.25, 0.3) is 6.08 Å². The number of urea groups is 1. The number of non-ortho nitro benzene ring substituents is 1. The van der Waals surface area contributed by atoms with Crippen LogP contribution in [0.2, 0.25) is 0 Å². The molecule has 1 heterocycles. The number of amides is 4. The SMILES string of the molecule is COc1ccc(N2C(=O)NC(=O)C(=Cc3ccc(OC)c(Oc4ccc([N+](=O)[O-])cc4[N+](=O)[O-])c3)C2=O)cc1. The number of carbonyl (C=O) groups excluding carboxylic acids is 3. The fraction of sp³-hybridized carbons (Fsp3) is 0.0800. The van der Waals surface area contributed by atoms with Gasteiger partial charge in [-0.15, -0.1) is 0 Å². The third-order valence-corrected chi connectivity index (χ3v) is 5.50. The topological polar surface area (TPSA) is 180 Å². The van der Waals surface area contributed by atoms with Crippen molar-refractivity contribution >= 4 is 41.0 Å². The molecule has 0 atom stereocenters. The summed E-state index contributed by atoms with van der Waals surface area (Å²) in [6.07, 6.45) is 1.21. The van der Waals surface area contributed by atoms with Gasteiger partial charge in [-0.2, -0.15) is 0 Å². The Labute approximate surface area is 219 Å². The number of anilines is 1. The number of ether oxygens (including phenoxy) is 3. The Balaban J connectivity index is 1.71. The molecular weight excluding hydrogens is 516 g/mol. The maximum atomic E-state index is 13.2. The summed E-state index contributed by atoms with van der Waals surface area (Å²) < 4.78 is 16.0. The molecule has 1 saturated heterocycles. The Hall–Kier alpha value is -5.79. The standard InChI is InChI=1S/C25H18N4O10/c1-37-17-7-4-15(5-8-17)27-24(31)18(23(30)26-25(27)32)11-14-3-9-21(38-2)22(12-14)39-20-10-6-16(28(33)34)13-19(20)29(35)36/h3-13H,1-2H3,(H,26,30,32). The molecule has 0 spiro atoms. The molecule has 1 aliphatic heterocycles. The van der Waals surface area contributed by atoms with E-state index >= 15 is 0 Å². The van der Waals surface area contributed by atoms with Crippen LogP contribution in [-0.4, -0.2) is 41.9 Å². The second-order valence-electron chi connectivity index (χ2n) is 7.83. The Morgan fingerprint density at radius 3 is 2.13 bits per heavy atom. The first kappa shape index (κ1) is 26.3. The Morgan fingerprint density at radius 1 is 0.821 bits per heavy atom. The van der Waals surface area contributed by atoms with Gasteiger partial charge in [0, 0.05) is 6.07 Å². The lowest BCUT2D eigenvalue weighted by Gasteiger charge is -2.26. The van der Waals surface area contributed by atoms with Gasteiger partial charge in [0.05, 0.1) is 35.8 Å². The molecule has 1 fully saturated rings. The van der Waals surface area contributed by atoms with Gasteiger partial charge in [-0.25, -0.2) is 9.69 Å². The summed E-state index contributed by atoms with van der Waals surface area (Å²) >= 11 is 0. The van der Waals surface area contributed by atoms with E-state index in [-0.39, 0.29) is 34.1 Å². The fourth-order valence-corrected chi connectivity index (χ4v) is 3.62. The molecule has 0 aliphatic carbocycles. The average Bonchev–Trinajstić information content (AvgIpc) is 2.91. The maximum absolute atomic E-state index is 13.2. The zero-order valence-corrected chi connectivity index (χ0v) is 20.3. The number of hydrogen-bond donors (Lipinski definition) is 1. The molecule has 4 rings (SSSR count). The van der Waals surface area contributed by atoms with Crippen molar-refractivity contribution < 1.29 is 38.4 Å². The van der Waals surface area contributed by atoms with Crippen molar-refractivity contribution in [3.63, 3.8) is 0 Å². The van der Waals surface area contributed by atoms with Crippen LogP contribution in [-0.2, 0) is 9.59 Å². The number of imide groups is 2. The molecular formula is C25H18N4O10. The number of rotatable bonds is 8. The molecule has 14 nitrogen and oxygen atoms in total. The molecule has 39 heavy (non-hydrogen) atoms. The first-order valence-electron chi connectivity index (χ1n) is 11.0. The first-order valence-corrected chi connectivity index (χ1v) is 11.0. The van der Waals surface area contributed by atoms with E-state index in [1.807, 2.05) is 0 Å². The lowest BCUT2D eigenvalue weighted by molar-refractivity contribution is -0.394. The van der Waals surface area contributed by atoms with Crippen molar-refractivity contribution in [3.05, 3.63) is 92.0 Å². The van der Waals surface area contributed by atoms with Crippen LogP contribution in [0, 0.1) is 20.2 Å². The summed E-state index contributed by atoms with van der Waals surface area (Å²) in [4.78, 5) is 59.8. The molecule has 14 heteroatoms. The van der Waals surface area contributed by atoms with Crippen LogP contribution in [0.3, 0.4) is 0 Å². The van der Waals surface area contributed by atoms with E-state index in [1.165, 1.54) is 50.6 Å². The molecule has 3 aromatic rings. The second kappa shape index (κ2) is 10.7. The number of nitro groups is 2. The molecule has 1 aliphatic rings. The van der Waals surface area contributed by atoms with Gasteiger partial charge in [0.2, 0.25) is 5.75 Å². The van der Waals surface area contributed by atoms with Gasteiger partial charge in [0.1, 0.15) is 11.3 Å². The highest BCUT2D eigenvalue weighted by atomic mass is 16.6. The number of nitrogens with zero attached hydrogens (tertiary/aromatic N) is 3. The highest BCUT2D eigenvalue weighted by Crippen LogP contribution is 2.39. The van der Waals surface area contributed by atoms with Gasteiger partial charge in [-0.3, -0.25) is 35.1 Å². The van der Waals surface area contributed by atoms with Crippen LogP contribution < -0.4 is 24.4 Å². The average molecular weight is 534 g/mol. The highest BCUT2D eigenvalue weighted by Gasteiger charge is 2.37. The molecule has 0 unspecified atom stereocenters. The van der Waals surface area contributed by atoms with Crippen molar-refractivity contribution in [2.45, 2.75) is 0 Å². The Kier molecular flexibility index (Phi) is 7.19. The van der Waals surface area contributed by atoms with Gasteiger partial charge in [0.25, 0.3) is 17.5 Å². The quantitative estimate of drug-likeness (QED) is 0.192. The van der Waals surface area contributed by atoms with Crippen LogP contribution in [0.4, 0.5) is 21.9 Å². The highest BCUT2D eigenvalue weighted by molar-refractivity contribution is 6.39. The van der Waals surface area contributed by atoms with Gasteiger partial charge >= 0.3 is 11.7 Å². The summed E-state index contributed by atoms with van der Waals surface area (Å²) in [6.45, 7) is 0. The predicted molar refractivity (Wildman–Crippen MR) is 135 cm³/mol. The third-order valence-electron chi connectivity index (χ3n) is 5.50. The number of carbonyl (C=O) groups is 3. The first-order chi connectivity index (χ1) is 18.6. The summed E-state index contributed by atoms with van der Waals surface area (Å²) in [5.74, 6) is -1.54. The molecule has 0 saturated carbocycles. The normalized spacial score (nSPS) is 14.2. The summed E-state index contributed by atoms with van der Waals surface area (Å²) in [6, 6.07) is 12.2. The summed E-state index contributed by atoms with van der Waals surface area (Å²) in [5, 5.41) is 24.6. The fourth-order valence-electron chi connectivity index (χ4n) is 3.62. The van der Waals surface area contributed by atoms with Crippen molar-refractivity contribution in [1.82, 2.24) is 5.32 Å². The number of nitrogens with one attached hydrogen (secondary N) is 1. The van der Waals surface area contributed by atoms with E-state index in [2.05, 4.69) is 5.32 Å². The summed E-state index contributed by atoms with van der Waals surface area (Å²) in [7, 11) is 2.78. The zero-order valence-electron chi connectivity index (χ0n) is 20.3. The van der Waals surface area contributed by atoms with E-state index in [4.69, 9.17) is 14.2 Å². The maximum Gasteiger partial charge on any atom is 0.335 e. The number of benzene rings is 3. The van der Waals surface area contributed by atoms with Crippen molar-refractivity contribution in [2.75, 3.05) is 19.1 Å². The molecule has 0 radical (unpaired) electrons. The minimum atomic E-state index is -0.934. The smallest absolute Gasteiger partial charge is 0.335 e. The van der Waals surface area contributed by atoms with E-state index in [1.54, 1.807) is 12.1 Å². The molecule has 1 N–H and O–H groups in total. The minimum Gasteiger partial charge on any atom is -0.497 e. The van der Waals surface area contributed by atoms with Crippen molar-refractivity contribution in [3.8, 4) is 23.0 Å². The van der Waals surface area contributed by atoms with Gasteiger partial charge in [-0.05, 0) is 54.1 Å². The second-order valence-corrected chi connectivity index (χ2v) is 7.83. The van der Waals surface area contributed by atoms with Gasteiger partial charge < -0.3 is 14.2 Å². The van der Waals surface area contributed by atoms with Crippen LogP contribution >= 0.6 is 0 Å². The number of hydrogen-bond acceptors (Lipinski definition) is 10. The number of barbiturate groups is 1. The lowest BCUT2D eigenvalue weighted by atomic mass is 10.1. The minimum absolute atomic E-state index is 0.0458. The third kappa shape index (κ3) is 5.34. The van der Waals surface area contributed by atoms with Gasteiger partial charge in [0.15, 0.2) is 11.5 Å². The van der Waals surface area contributed by atoms with Crippen molar-refractivity contribution in [1.29, 1.82) is 0 Å². The van der Waals surface area contributed by atoms with Crippen LogP contribution in [0.1, 0.15) is 5.56 Å². The Bertz CT molecular complexity index is 1550. The zero-order chi connectivity index (χ0) is 28.3. The largest absolute Gasteiger partial charge is 0.497 e. The van der Waals surface area contributed by atoms with Crippen LogP contribution in [0.5, 0.6) is 23.0 Å². The van der Waals surface area contributed by atoms with E-state index in [0.29, 0.717) is 5.75 Å². The molecule has 0 bridgehead atoms. The van der Waals surface area contributed by atoms with E-state index < -0.39 is 39.1 Å². The van der Waals surface area contributed by atoms with E-state index in [9.17, 15) is 34.6 Å². The number of nitro benzene ring substituents is 2. The predicted octanol–water partition coefficient (Wildman–Crippen LogP) is 3.98. The lowest BCUT2D eigenvalue weighted by Crippen LogP contribution is -2.54. The van der Waals surface area contributed by atoms with E-state index in [0.717, 1.165) is 23.1 Å². The molecule has 4 amide bonds. The molecule has 0 aromatic heterocycles. The van der Waals surface area contributed by atoms with Gasteiger partial charge in [-0.1, -0.05) is 6.07 Å². The number of methoxy groups -OCH3 is 2. The van der Waals surface area contributed by atoms with Crippen LogP contribution in [0.15, 0.2) is 66.2 Å². The molecule has 3 aromatic carbocycles.